The van der Waals surface area contributed by atoms with Gasteiger partial charge < -0.3 is 5.32 Å². The lowest BCUT2D eigenvalue weighted by Crippen LogP contribution is -2.22. The quantitative estimate of drug-likeness (QED) is 0.804. The van der Waals surface area contributed by atoms with Crippen molar-refractivity contribution >= 4 is 0 Å². The fourth-order valence-corrected chi connectivity index (χ4v) is 1.98. The van der Waals surface area contributed by atoms with Crippen molar-refractivity contribution in [2.24, 2.45) is 0 Å². The van der Waals surface area contributed by atoms with E-state index in [1.807, 2.05) is 12.4 Å². The summed E-state index contributed by atoms with van der Waals surface area (Å²) in [5, 5.41) is 3.51. The fraction of sp³-hybridized carbons (Fsp3) is 0.667. The van der Waals surface area contributed by atoms with Crippen LogP contribution < -0.4 is 5.32 Å². The van der Waals surface area contributed by atoms with E-state index in [-0.39, 0.29) is 0 Å². The molecule has 3 heteroatoms. The molecule has 1 aliphatic rings. The summed E-state index contributed by atoms with van der Waals surface area (Å²) in [4.78, 5) is 8.88. The molecule has 1 unspecified atom stereocenters. The van der Waals surface area contributed by atoms with Crippen LogP contribution in [0.15, 0.2) is 12.4 Å². The Morgan fingerprint density at radius 2 is 2.07 bits per heavy atom. The molecule has 3 nitrogen and oxygen atoms in total. The molecule has 0 amide bonds. The van der Waals surface area contributed by atoms with Crippen LogP contribution in [-0.2, 0) is 6.42 Å². The van der Waals surface area contributed by atoms with E-state index in [4.69, 9.17) is 0 Å². The molecule has 1 fully saturated rings. The van der Waals surface area contributed by atoms with Crippen LogP contribution in [0.1, 0.15) is 50.0 Å². The first-order chi connectivity index (χ1) is 7.40. The molecule has 0 aliphatic carbocycles. The molecular formula is C12H19N3. The maximum atomic E-state index is 4.44. The standard InChI is InChI=1S/C12H19N3/c1-2-10-8-14-12(15-9-10)11-6-4-3-5-7-13-11/h8-9,11,13H,2-7H2,1H3. The Labute approximate surface area is 91.3 Å². The predicted octanol–water partition coefficient (Wildman–Crippen LogP) is 2.24. The molecule has 1 saturated heterocycles. The summed E-state index contributed by atoms with van der Waals surface area (Å²) in [5.74, 6) is 0.967. The highest BCUT2D eigenvalue weighted by Gasteiger charge is 2.15. The van der Waals surface area contributed by atoms with E-state index in [0.717, 1.165) is 18.8 Å². The van der Waals surface area contributed by atoms with Crippen LogP contribution in [0.4, 0.5) is 0 Å². The Kier molecular flexibility index (Phi) is 3.67. The Hall–Kier alpha value is -0.960. The lowest BCUT2D eigenvalue weighted by molar-refractivity contribution is 0.506. The van der Waals surface area contributed by atoms with Gasteiger partial charge in [0.2, 0.25) is 0 Å². The molecule has 0 radical (unpaired) electrons. The normalized spacial score (nSPS) is 22.3. The third-order valence-electron chi connectivity index (χ3n) is 3.01. The first kappa shape index (κ1) is 10.6. The molecule has 1 aliphatic heterocycles. The van der Waals surface area contributed by atoms with E-state index >= 15 is 0 Å². The van der Waals surface area contributed by atoms with Gasteiger partial charge >= 0.3 is 0 Å². The zero-order valence-electron chi connectivity index (χ0n) is 9.37. The first-order valence-electron chi connectivity index (χ1n) is 5.94. The molecule has 1 N–H and O–H groups in total. The van der Waals surface area contributed by atoms with Crippen LogP contribution in [0.5, 0.6) is 0 Å². The number of aryl methyl sites for hydroxylation is 1. The molecule has 0 aromatic carbocycles. The Bertz CT molecular complexity index is 286. The highest BCUT2D eigenvalue weighted by molar-refractivity contribution is 5.06. The SMILES string of the molecule is CCc1cnc(C2CCCCCN2)nc1. The van der Waals surface area contributed by atoms with Gasteiger partial charge in [0.15, 0.2) is 0 Å². The van der Waals surface area contributed by atoms with Gasteiger partial charge in [0.25, 0.3) is 0 Å². The Morgan fingerprint density at radius 3 is 2.80 bits per heavy atom. The zero-order valence-corrected chi connectivity index (χ0v) is 9.37. The molecule has 0 bridgehead atoms. The highest BCUT2D eigenvalue weighted by atomic mass is 15.0. The van der Waals surface area contributed by atoms with Crippen molar-refractivity contribution in [2.75, 3.05) is 6.54 Å². The smallest absolute Gasteiger partial charge is 0.145 e. The lowest BCUT2D eigenvalue weighted by Gasteiger charge is -2.13. The van der Waals surface area contributed by atoms with Gasteiger partial charge in [-0.2, -0.15) is 0 Å². The monoisotopic (exact) mass is 205 g/mol. The molecule has 0 spiro atoms. The van der Waals surface area contributed by atoms with Crippen molar-refractivity contribution in [1.82, 2.24) is 15.3 Å². The van der Waals surface area contributed by atoms with E-state index in [1.54, 1.807) is 0 Å². The van der Waals surface area contributed by atoms with Crippen LogP contribution in [-0.4, -0.2) is 16.5 Å². The molecule has 2 rings (SSSR count). The van der Waals surface area contributed by atoms with Gasteiger partial charge in [-0.25, -0.2) is 9.97 Å². The van der Waals surface area contributed by atoms with Crippen LogP contribution in [0, 0.1) is 0 Å². The second kappa shape index (κ2) is 5.21. The van der Waals surface area contributed by atoms with Crippen LogP contribution in [0.3, 0.4) is 0 Å². The van der Waals surface area contributed by atoms with Crippen molar-refractivity contribution in [1.29, 1.82) is 0 Å². The summed E-state index contributed by atoms with van der Waals surface area (Å²) in [6, 6.07) is 0.374. The number of hydrogen-bond donors (Lipinski definition) is 1. The number of aromatic nitrogens is 2. The summed E-state index contributed by atoms with van der Waals surface area (Å²) in [6.07, 6.45) is 9.99. The van der Waals surface area contributed by atoms with E-state index < -0.39 is 0 Å². The minimum Gasteiger partial charge on any atom is -0.307 e. The first-order valence-corrected chi connectivity index (χ1v) is 5.94. The number of rotatable bonds is 2. The predicted molar refractivity (Wildman–Crippen MR) is 60.6 cm³/mol. The van der Waals surface area contributed by atoms with E-state index in [1.165, 1.54) is 31.2 Å². The van der Waals surface area contributed by atoms with E-state index in [2.05, 4.69) is 22.2 Å². The maximum Gasteiger partial charge on any atom is 0.145 e. The van der Waals surface area contributed by atoms with Crippen molar-refractivity contribution in [3.8, 4) is 0 Å². The summed E-state index contributed by atoms with van der Waals surface area (Å²) in [5.41, 5.74) is 1.22. The molecule has 2 heterocycles. The zero-order chi connectivity index (χ0) is 10.5. The van der Waals surface area contributed by atoms with Crippen LogP contribution in [0.2, 0.25) is 0 Å². The highest BCUT2D eigenvalue weighted by Crippen LogP contribution is 2.19. The summed E-state index contributed by atoms with van der Waals surface area (Å²) >= 11 is 0. The number of nitrogens with zero attached hydrogens (tertiary/aromatic N) is 2. The van der Waals surface area contributed by atoms with Gasteiger partial charge in [-0.1, -0.05) is 19.8 Å². The Balaban J connectivity index is 2.06. The van der Waals surface area contributed by atoms with Gasteiger partial charge in [0, 0.05) is 12.4 Å². The van der Waals surface area contributed by atoms with Crippen molar-refractivity contribution in [3.05, 3.63) is 23.8 Å². The largest absolute Gasteiger partial charge is 0.307 e. The van der Waals surface area contributed by atoms with Gasteiger partial charge in [0.1, 0.15) is 5.82 Å². The van der Waals surface area contributed by atoms with Gasteiger partial charge in [0.05, 0.1) is 6.04 Å². The summed E-state index contributed by atoms with van der Waals surface area (Å²) in [6.45, 7) is 3.23. The lowest BCUT2D eigenvalue weighted by atomic mass is 10.1. The molecule has 82 valence electrons. The topological polar surface area (TPSA) is 37.8 Å². The Morgan fingerprint density at radius 1 is 1.27 bits per heavy atom. The van der Waals surface area contributed by atoms with Crippen LogP contribution >= 0.6 is 0 Å². The minimum absolute atomic E-state index is 0.374. The van der Waals surface area contributed by atoms with Crippen molar-refractivity contribution < 1.29 is 0 Å². The van der Waals surface area contributed by atoms with Crippen molar-refractivity contribution in [2.45, 2.75) is 45.1 Å². The number of hydrogen-bond acceptors (Lipinski definition) is 3. The molecule has 1 atom stereocenters. The van der Waals surface area contributed by atoms with Gasteiger partial charge in [-0.15, -0.1) is 0 Å². The second-order valence-corrected chi connectivity index (χ2v) is 4.16. The van der Waals surface area contributed by atoms with Crippen LogP contribution in [0.25, 0.3) is 0 Å². The van der Waals surface area contributed by atoms with Crippen molar-refractivity contribution in [3.63, 3.8) is 0 Å². The summed E-state index contributed by atoms with van der Waals surface area (Å²) < 4.78 is 0. The molecule has 1 aromatic heterocycles. The molecule has 1 aromatic rings. The summed E-state index contributed by atoms with van der Waals surface area (Å²) in [7, 11) is 0. The molecule has 15 heavy (non-hydrogen) atoms. The molecule has 0 saturated carbocycles. The third-order valence-corrected chi connectivity index (χ3v) is 3.01. The maximum absolute atomic E-state index is 4.44. The third kappa shape index (κ3) is 2.75. The molecular weight excluding hydrogens is 186 g/mol. The van der Waals surface area contributed by atoms with Gasteiger partial charge in [-0.3, -0.25) is 0 Å². The average molecular weight is 205 g/mol. The van der Waals surface area contributed by atoms with Gasteiger partial charge in [-0.05, 0) is 31.4 Å². The fourth-order valence-electron chi connectivity index (χ4n) is 1.98. The van der Waals surface area contributed by atoms with E-state index in [9.17, 15) is 0 Å². The van der Waals surface area contributed by atoms with E-state index in [0.29, 0.717) is 6.04 Å². The number of nitrogens with one attached hydrogen (secondary N) is 1. The average Bonchev–Trinajstić information content (AvgIpc) is 2.58. The minimum atomic E-state index is 0.374. The second-order valence-electron chi connectivity index (χ2n) is 4.16.